The first-order valence-corrected chi connectivity index (χ1v) is 6.81. The van der Waals surface area contributed by atoms with Gasteiger partial charge in [0.05, 0.1) is 15.3 Å². The van der Waals surface area contributed by atoms with Crippen molar-refractivity contribution >= 4 is 33.2 Å². The van der Waals surface area contributed by atoms with Gasteiger partial charge < -0.3 is 4.74 Å². The SMILES string of the molecule is O=[N+]([O-])c1cc(Br)c(F)cc1Oc1ccccc1CCl. The van der Waals surface area contributed by atoms with Gasteiger partial charge in [-0.2, -0.15) is 0 Å². The molecule has 0 aliphatic heterocycles. The number of halogens is 3. The highest BCUT2D eigenvalue weighted by Gasteiger charge is 2.20. The van der Waals surface area contributed by atoms with Gasteiger partial charge in [0.2, 0.25) is 5.75 Å². The molecule has 0 saturated carbocycles. The van der Waals surface area contributed by atoms with Gasteiger partial charge in [-0.05, 0) is 22.0 Å². The van der Waals surface area contributed by atoms with Gasteiger partial charge in [0.1, 0.15) is 11.6 Å². The minimum Gasteiger partial charge on any atom is -0.450 e. The van der Waals surface area contributed by atoms with Gasteiger partial charge in [-0.1, -0.05) is 18.2 Å². The topological polar surface area (TPSA) is 52.4 Å². The molecule has 0 amide bonds. The molecule has 4 nitrogen and oxygen atoms in total. The lowest BCUT2D eigenvalue weighted by Crippen LogP contribution is -1.96. The Kier molecular flexibility index (Phi) is 4.57. The minimum atomic E-state index is -0.644. The Balaban J connectivity index is 2.47. The van der Waals surface area contributed by atoms with E-state index in [1.807, 2.05) is 0 Å². The van der Waals surface area contributed by atoms with E-state index in [4.69, 9.17) is 16.3 Å². The Hall–Kier alpha value is -1.66. The molecule has 104 valence electrons. The van der Waals surface area contributed by atoms with E-state index in [1.165, 1.54) is 0 Å². The zero-order valence-corrected chi connectivity index (χ0v) is 12.3. The van der Waals surface area contributed by atoms with Gasteiger partial charge in [-0.25, -0.2) is 4.39 Å². The molecule has 2 aromatic rings. The lowest BCUT2D eigenvalue weighted by atomic mass is 10.2. The van der Waals surface area contributed by atoms with E-state index in [2.05, 4.69) is 15.9 Å². The fourth-order valence-electron chi connectivity index (χ4n) is 1.57. The van der Waals surface area contributed by atoms with Crippen LogP contribution in [0.1, 0.15) is 5.56 Å². The Morgan fingerprint density at radius 1 is 1.30 bits per heavy atom. The van der Waals surface area contributed by atoms with Crippen LogP contribution in [0.5, 0.6) is 11.5 Å². The van der Waals surface area contributed by atoms with Crippen molar-refractivity contribution in [2.45, 2.75) is 5.88 Å². The van der Waals surface area contributed by atoms with Crippen molar-refractivity contribution in [1.29, 1.82) is 0 Å². The average Bonchev–Trinajstić information content (AvgIpc) is 2.43. The number of nitro groups is 1. The zero-order valence-electron chi connectivity index (χ0n) is 9.98. The maximum atomic E-state index is 13.5. The van der Waals surface area contributed by atoms with E-state index in [9.17, 15) is 14.5 Å². The average molecular weight is 361 g/mol. The molecule has 20 heavy (non-hydrogen) atoms. The number of hydrogen-bond donors (Lipinski definition) is 0. The fourth-order valence-corrected chi connectivity index (χ4v) is 2.13. The molecular formula is C13H8BrClFNO3. The summed E-state index contributed by atoms with van der Waals surface area (Å²) < 4.78 is 19.0. The number of nitro benzene ring substituents is 1. The molecule has 0 aliphatic rings. The Morgan fingerprint density at radius 3 is 2.65 bits per heavy atom. The molecule has 0 bridgehead atoms. The predicted octanol–water partition coefficient (Wildman–Crippen LogP) is 5.03. The van der Waals surface area contributed by atoms with E-state index in [0.717, 1.165) is 12.1 Å². The van der Waals surface area contributed by atoms with Crippen molar-refractivity contribution in [2.75, 3.05) is 0 Å². The summed E-state index contributed by atoms with van der Waals surface area (Å²) in [7, 11) is 0. The quantitative estimate of drug-likeness (QED) is 0.436. The lowest BCUT2D eigenvalue weighted by Gasteiger charge is -2.10. The predicted molar refractivity (Wildman–Crippen MR) is 76.8 cm³/mol. The summed E-state index contributed by atoms with van der Waals surface area (Å²) in [5.41, 5.74) is 0.328. The second-order valence-corrected chi connectivity index (χ2v) is 4.96. The minimum absolute atomic E-state index is 0.00202. The number of alkyl halides is 1. The third kappa shape index (κ3) is 3.08. The number of nitrogens with zero attached hydrogens (tertiary/aromatic N) is 1. The van der Waals surface area contributed by atoms with Crippen LogP contribution >= 0.6 is 27.5 Å². The van der Waals surface area contributed by atoms with Crippen molar-refractivity contribution in [3.63, 3.8) is 0 Å². The lowest BCUT2D eigenvalue weighted by molar-refractivity contribution is -0.385. The van der Waals surface area contributed by atoms with Gasteiger partial charge in [0, 0.05) is 17.7 Å². The first-order chi connectivity index (χ1) is 9.52. The van der Waals surface area contributed by atoms with Crippen molar-refractivity contribution in [2.24, 2.45) is 0 Å². The first kappa shape index (κ1) is 14.7. The van der Waals surface area contributed by atoms with Crippen LogP contribution in [0, 0.1) is 15.9 Å². The first-order valence-electron chi connectivity index (χ1n) is 5.48. The molecule has 0 fully saturated rings. The summed E-state index contributed by atoms with van der Waals surface area (Å²) in [4.78, 5) is 10.4. The molecule has 2 rings (SSSR count). The molecule has 0 heterocycles. The number of benzene rings is 2. The Morgan fingerprint density at radius 2 is 2.00 bits per heavy atom. The number of para-hydroxylation sites is 1. The molecule has 0 saturated heterocycles. The highest BCUT2D eigenvalue weighted by molar-refractivity contribution is 9.10. The standard InChI is InChI=1S/C13H8BrClFNO3/c14-9-5-11(17(18)19)13(6-10(9)16)20-12-4-2-1-3-8(12)7-15/h1-6H,7H2. The van der Waals surface area contributed by atoms with Gasteiger partial charge in [-0.15, -0.1) is 11.6 Å². The third-order valence-electron chi connectivity index (χ3n) is 2.54. The van der Waals surface area contributed by atoms with Gasteiger partial charge in [-0.3, -0.25) is 10.1 Å². The summed E-state index contributed by atoms with van der Waals surface area (Å²) >= 11 is 8.67. The van der Waals surface area contributed by atoms with Crippen LogP contribution in [0.15, 0.2) is 40.9 Å². The zero-order chi connectivity index (χ0) is 14.7. The van der Waals surface area contributed by atoms with E-state index >= 15 is 0 Å². The summed E-state index contributed by atoms with van der Waals surface area (Å²) in [5.74, 6) is -0.280. The molecule has 7 heteroatoms. The maximum Gasteiger partial charge on any atom is 0.312 e. The summed E-state index contributed by atoms with van der Waals surface area (Å²) in [6.45, 7) is 0. The molecule has 0 N–H and O–H groups in total. The van der Waals surface area contributed by atoms with E-state index in [1.54, 1.807) is 24.3 Å². The normalized spacial score (nSPS) is 10.3. The van der Waals surface area contributed by atoms with Crippen LogP contribution in [0.25, 0.3) is 0 Å². The number of hydrogen-bond acceptors (Lipinski definition) is 3. The van der Waals surface area contributed by atoms with E-state index in [0.29, 0.717) is 11.3 Å². The summed E-state index contributed by atoms with van der Waals surface area (Å²) in [5, 5.41) is 11.0. The molecular weight excluding hydrogens is 353 g/mol. The van der Waals surface area contributed by atoms with Crippen molar-refractivity contribution < 1.29 is 14.1 Å². The van der Waals surface area contributed by atoms with Crippen LogP contribution < -0.4 is 4.74 Å². The highest BCUT2D eigenvalue weighted by Crippen LogP contribution is 2.36. The largest absolute Gasteiger partial charge is 0.450 e. The molecule has 0 unspecified atom stereocenters. The third-order valence-corrected chi connectivity index (χ3v) is 3.43. The molecule has 2 aromatic carbocycles. The van der Waals surface area contributed by atoms with Crippen LogP contribution in [0.2, 0.25) is 0 Å². The molecule has 0 aromatic heterocycles. The molecule has 0 radical (unpaired) electrons. The van der Waals surface area contributed by atoms with E-state index < -0.39 is 10.7 Å². The van der Waals surface area contributed by atoms with Crippen molar-refractivity contribution in [3.8, 4) is 11.5 Å². The molecule has 0 spiro atoms. The highest BCUT2D eigenvalue weighted by atomic mass is 79.9. The Bertz CT molecular complexity index is 666. The molecule has 0 atom stereocenters. The Labute approximate surface area is 127 Å². The van der Waals surface area contributed by atoms with Crippen LogP contribution in [0.3, 0.4) is 0 Å². The summed E-state index contributed by atoms with van der Waals surface area (Å²) in [6.07, 6.45) is 0. The van der Waals surface area contributed by atoms with Gasteiger partial charge in [0.25, 0.3) is 0 Å². The maximum absolute atomic E-state index is 13.5. The second-order valence-electron chi connectivity index (χ2n) is 3.83. The van der Waals surface area contributed by atoms with Crippen LogP contribution in [-0.4, -0.2) is 4.92 Å². The molecule has 0 aliphatic carbocycles. The van der Waals surface area contributed by atoms with Crippen molar-refractivity contribution in [1.82, 2.24) is 0 Å². The fraction of sp³-hybridized carbons (Fsp3) is 0.0769. The summed E-state index contributed by atoms with van der Waals surface area (Å²) in [6, 6.07) is 8.83. The van der Waals surface area contributed by atoms with Crippen molar-refractivity contribution in [3.05, 3.63) is 62.4 Å². The van der Waals surface area contributed by atoms with Crippen LogP contribution in [-0.2, 0) is 5.88 Å². The van der Waals surface area contributed by atoms with Gasteiger partial charge >= 0.3 is 5.69 Å². The van der Waals surface area contributed by atoms with Crippen LogP contribution in [0.4, 0.5) is 10.1 Å². The van der Waals surface area contributed by atoms with E-state index in [-0.39, 0.29) is 21.8 Å². The smallest absolute Gasteiger partial charge is 0.312 e. The number of ether oxygens (including phenoxy) is 1. The second kappa shape index (κ2) is 6.19. The van der Waals surface area contributed by atoms with Gasteiger partial charge in [0.15, 0.2) is 0 Å². The number of rotatable bonds is 4. The monoisotopic (exact) mass is 359 g/mol.